The van der Waals surface area contributed by atoms with E-state index in [1.54, 1.807) is 12.1 Å². The zero-order chi connectivity index (χ0) is 11.3. The normalized spacial score (nSPS) is 10.4. The number of carbonyl (C=O) groups excluding carboxylic acids is 1. The Kier molecular flexibility index (Phi) is 4.63. The van der Waals surface area contributed by atoms with Gasteiger partial charge in [-0.25, -0.2) is 0 Å². The summed E-state index contributed by atoms with van der Waals surface area (Å²) < 4.78 is 0. The van der Waals surface area contributed by atoms with Crippen molar-refractivity contribution in [3.8, 4) is 0 Å². The van der Waals surface area contributed by atoms with Crippen molar-refractivity contribution in [1.82, 2.24) is 0 Å². The molecule has 0 heterocycles. The van der Waals surface area contributed by atoms with Gasteiger partial charge in [0, 0.05) is 16.6 Å². The Morgan fingerprint density at radius 3 is 2.27 bits per heavy atom. The fourth-order valence-corrected chi connectivity index (χ4v) is 1.56. The highest BCUT2D eigenvalue weighted by Crippen LogP contribution is 2.16. The van der Waals surface area contributed by atoms with E-state index in [2.05, 4.69) is 5.32 Å². The van der Waals surface area contributed by atoms with Crippen LogP contribution in [-0.4, -0.2) is 5.91 Å². The molecule has 0 aliphatic carbocycles. The van der Waals surface area contributed by atoms with Gasteiger partial charge in [0.1, 0.15) is 0 Å². The number of hydrogen-bond acceptors (Lipinski definition) is 1. The van der Waals surface area contributed by atoms with Crippen LogP contribution in [-0.2, 0) is 4.79 Å². The second-order valence-corrected chi connectivity index (χ2v) is 3.95. The molecule has 0 radical (unpaired) electrons. The molecular formula is C12H16ClNO. The third-order valence-electron chi connectivity index (χ3n) is 2.47. The Morgan fingerprint density at radius 1 is 1.27 bits per heavy atom. The third-order valence-corrected chi connectivity index (χ3v) is 2.72. The molecular weight excluding hydrogens is 210 g/mol. The van der Waals surface area contributed by atoms with Crippen molar-refractivity contribution in [2.24, 2.45) is 5.92 Å². The Labute approximate surface area is 95.6 Å². The number of nitrogens with one attached hydrogen (secondary N) is 1. The number of halogens is 1. The predicted molar refractivity (Wildman–Crippen MR) is 64.2 cm³/mol. The van der Waals surface area contributed by atoms with Crippen LogP contribution in [0.4, 0.5) is 5.69 Å². The fraction of sp³-hybridized carbons (Fsp3) is 0.417. The molecule has 1 amide bonds. The molecule has 0 saturated heterocycles. The van der Waals surface area contributed by atoms with Crippen molar-refractivity contribution in [3.63, 3.8) is 0 Å². The van der Waals surface area contributed by atoms with E-state index in [1.165, 1.54) is 0 Å². The molecule has 1 aromatic carbocycles. The summed E-state index contributed by atoms with van der Waals surface area (Å²) in [5.41, 5.74) is 0.802. The first-order valence-corrected chi connectivity index (χ1v) is 5.61. The number of amides is 1. The van der Waals surface area contributed by atoms with E-state index in [9.17, 15) is 4.79 Å². The van der Waals surface area contributed by atoms with Gasteiger partial charge >= 0.3 is 0 Å². The Balaban J connectivity index is 2.61. The Hall–Kier alpha value is -1.02. The first-order valence-electron chi connectivity index (χ1n) is 5.23. The van der Waals surface area contributed by atoms with E-state index < -0.39 is 0 Å². The molecule has 0 aliphatic heterocycles. The van der Waals surface area contributed by atoms with Gasteiger partial charge in [0.15, 0.2) is 0 Å². The van der Waals surface area contributed by atoms with Gasteiger partial charge in [-0.3, -0.25) is 4.79 Å². The van der Waals surface area contributed by atoms with Crippen molar-refractivity contribution in [2.75, 3.05) is 5.32 Å². The number of rotatable bonds is 4. The summed E-state index contributed by atoms with van der Waals surface area (Å²) in [6, 6.07) is 7.15. The molecule has 1 aromatic rings. The molecule has 0 fully saturated rings. The maximum absolute atomic E-state index is 11.7. The van der Waals surface area contributed by atoms with E-state index >= 15 is 0 Å². The minimum absolute atomic E-state index is 0.0855. The van der Waals surface area contributed by atoms with Crippen molar-refractivity contribution < 1.29 is 4.79 Å². The summed E-state index contributed by atoms with van der Waals surface area (Å²) >= 11 is 5.75. The zero-order valence-corrected chi connectivity index (χ0v) is 9.84. The molecule has 3 heteroatoms. The molecule has 2 nitrogen and oxygen atoms in total. The lowest BCUT2D eigenvalue weighted by molar-refractivity contribution is -0.120. The second-order valence-electron chi connectivity index (χ2n) is 3.51. The standard InChI is InChI=1S/C12H16ClNO/c1-3-9(4-2)12(15)14-11-7-5-10(13)6-8-11/h5-9H,3-4H2,1-2H3,(H,14,15). The van der Waals surface area contributed by atoms with Crippen molar-refractivity contribution in [2.45, 2.75) is 26.7 Å². The third kappa shape index (κ3) is 3.56. The molecule has 0 aliphatic rings. The highest BCUT2D eigenvalue weighted by atomic mass is 35.5. The molecule has 1 rings (SSSR count). The lowest BCUT2D eigenvalue weighted by Crippen LogP contribution is -2.21. The van der Waals surface area contributed by atoms with Crippen molar-refractivity contribution in [1.29, 1.82) is 0 Å². The van der Waals surface area contributed by atoms with Gasteiger partial charge in [0.25, 0.3) is 0 Å². The quantitative estimate of drug-likeness (QED) is 0.832. The van der Waals surface area contributed by atoms with Crippen LogP contribution in [0.1, 0.15) is 26.7 Å². The monoisotopic (exact) mass is 225 g/mol. The molecule has 1 N–H and O–H groups in total. The van der Waals surface area contributed by atoms with Crippen LogP contribution >= 0.6 is 11.6 Å². The smallest absolute Gasteiger partial charge is 0.227 e. The summed E-state index contributed by atoms with van der Waals surface area (Å²) in [6.45, 7) is 4.05. The minimum Gasteiger partial charge on any atom is -0.326 e. The van der Waals surface area contributed by atoms with Crippen LogP contribution < -0.4 is 5.32 Å². The second kappa shape index (κ2) is 5.76. The molecule has 0 unspecified atom stereocenters. The Morgan fingerprint density at radius 2 is 1.80 bits per heavy atom. The molecule has 0 atom stereocenters. The van der Waals surface area contributed by atoms with E-state index in [1.807, 2.05) is 26.0 Å². The predicted octanol–water partition coefficient (Wildman–Crippen LogP) is 3.71. The SMILES string of the molecule is CCC(CC)C(=O)Nc1ccc(Cl)cc1. The number of carbonyl (C=O) groups is 1. The van der Waals surface area contributed by atoms with E-state index in [0.717, 1.165) is 18.5 Å². The van der Waals surface area contributed by atoms with Gasteiger partial charge in [0.2, 0.25) is 5.91 Å². The molecule has 82 valence electrons. The maximum Gasteiger partial charge on any atom is 0.227 e. The number of benzene rings is 1. The average Bonchev–Trinajstić information content (AvgIpc) is 2.23. The minimum atomic E-state index is 0.0855. The summed E-state index contributed by atoms with van der Waals surface area (Å²) in [5, 5.41) is 3.55. The maximum atomic E-state index is 11.7. The van der Waals surface area contributed by atoms with E-state index in [-0.39, 0.29) is 11.8 Å². The van der Waals surface area contributed by atoms with Gasteiger partial charge in [-0.05, 0) is 37.1 Å². The summed E-state index contributed by atoms with van der Waals surface area (Å²) in [6.07, 6.45) is 1.74. The van der Waals surface area contributed by atoms with Crippen LogP contribution in [0.2, 0.25) is 5.02 Å². The van der Waals surface area contributed by atoms with Crippen LogP contribution in [0.25, 0.3) is 0 Å². The van der Waals surface area contributed by atoms with Gasteiger partial charge in [-0.15, -0.1) is 0 Å². The number of anilines is 1. The lowest BCUT2D eigenvalue weighted by Gasteiger charge is -2.12. The summed E-state index contributed by atoms with van der Waals surface area (Å²) in [4.78, 5) is 11.7. The van der Waals surface area contributed by atoms with E-state index in [0.29, 0.717) is 5.02 Å². The van der Waals surface area contributed by atoms with Crippen LogP contribution in [0.15, 0.2) is 24.3 Å². The molecule has 0 aromatic heterocycles. The van der Waals surface area contributed by atoms with Crippen molar-refractivity contribution in [3.05, 3.63) is 29.3 Å². The molecule has 0 saturated carbocycles. The van der Waals surface area contributed by atoms with Crippen LogP contribution in [0.3, 0.4) is 0 Å². The zero-order valence-electron chi connectivity index (χ0n) is 9.09. The lowest BCUT2D eigenvalue weighted by atomic mass is 10.0. The summed E-state index contributed by atoms with van der Waals surface area (Å²) in [7, 11) is 0. The molecule has 0 spiro atoms. The molecule has 15 heavy (non-hydrogen) atoms. The largest absolute Gasteiger partial charge is 0.326 e. The Bertz CT molecular complexity index is 317. The van der Waals surface area contributed by atoms with E-state index in [4.69, 9.17) is 11.6 Å². The van der Waals surface area contributed by atoms with Gasteiger partial charge < -0.3 is 5.32 Å². The molecule has 0 bridgehead atoms. The topological polar surface area (TPSA) is 29.1 Å². The van der Waals surface area contributed by atoms with Crippen LogP contribution in [0, 0.1) is 5.92 Å². The van der Waals surface area contributed by atoms with Gasteiger partial charge in [0.05, 0.1) is 0 Å². The highest BCUT2D eigenvalue weighted by molar-refractivity contribution is 6.30. The van der Waals surface area contributed by atoms with Gasteiger partial charge in [-0.1, -0.05) is 25.4 Å². The first-order chi connectivity index (χ1) is 7.17. The number of hydrogen-bond donors (Lipinski definition) is 1. The highest BCUT2D eigenvalue weighted by Gasteiger charge is 2.13. The first kappa shape index (κ1) is 12.1. The van der Waals surface area contributed by atoms with Gasteiger partial charge in [-0.2, -0.15) is 0 Å². The fourth-order valence-electron chi connectivity index (χ4n) is 1.44. The summed E-state index contributed by atoms with van der Waals surface area (Å²) in [5.74, 6) is 0.183. The average molecular weight is 226 g/mol. The van der Waals surface area contributed by atoms with Crippen molar-refractivity contribution >= 4 is 23.2 Å². The van der Waals surface area contributed by atoms with Crippen LogP contribution in [0.5, 0.6) is 0 Å².